The van der Waals surface area contributed by atoms with Gasteiger partial charge in [0.25, 0.3) is 0 Å². The van der Waals surface area contributed by atoms with Crippen molar-refractivity contribution in [2.45, 2.75) is 37.6 Å². The molecule has 2 aliphatic rings. The van der Waals surface area contributed by atoms with Gasteiger partial charge in [0, 0.05) is 56.1 Å². The van der Waals surface area contributed by atoms with Crippen molar-refractivity contribution < 1.29 is 4.79 Å². The van der Waals surface area contributed by atoms with Gasteiger partial charge in [-0.1, -0.05) is 36.4 Å². The molecule has 1 amide bonds. The van der Waals surface area contributed by atoms with Crippen molar-refractivity contribution in [1.29, 1.82) is 0 Å². The number of nitrogens with zero attached hydrogens (tertiary/aromatic N) is 5. The van der Waals surface area contributed by atoms with Crippen LogP contribution < -0.4 is 10.8 Å². The predicted molar refractivity (Wildman–Crippen MR) is 139 cm³/mol. The van der Waals surface area contributed by atoms with E-state index in [9.17, 15) is 4.79 Å². The van der Waals surface area contributed by atoms with Gasteiger partial charge in [-0.15, -0.1) is 0 Å². The highest BCUT2D eigenvalue weighted by Gasteiger charge is 2.46. The van der Waals surface area contributed by atoms with Crippen LogP contribution in [0.2, 0.25) is 0 Å². The van der Waals surface area contributed by atoms with E-state index in [4.69, 9.17) is 4.98 Å². The van der Waals surface area contributed by atoms with Crippen molar-refractivity contribution >= 4 is 30.7 Å². The number of amides is 1. The second-order valence-corrected chi connectivity index (χ2v) is 9.83. The third-order valence-corrected chi connectivity index (χ3v) is 7.35. The molecule has 1 aliphatic heterocycles. The number of pyridine rings is 1. The SMILES string of the molecule is Bc1cnn2c(NCc3cccnc3)cc(C3CCCN(C(=O)[C@@H]4C[C@H]4c4ccccc4)C3)nc12. The molecule has 176 valence electrons. The van der Waals surface area contributed by atoms with E-state index < -0.39 is 0 Å². The summed E-state index contributed by atoms with van der Waals surface area (Å²) in [4.78, 5) is 24.6. The highest BCUT2D eigenvalue weighted by Crippen LogP contribution is 2.48. The maximum atomic E-state index is 13.3. The fraction of sp³-hybridized carbons (Fsp3) is 0.333. The minimum Gasteiger partial charge on any atom is -0.366 e. The minimum atomic E-state index is 0.125. The molecule has 1 N–H and O–H groups in total. The number of rotatable bonds is 6. The molecule has 1 unspecified atom stereocenters. The van der Waals surface area contributed by atoms with Crippen molar-refractivity contribution in [3.8, 4) is 0 Å². The van der Waals surface area contributed by atoms with Gasteiger partial charge in [0.05, 0.1) is 5.69 Å². The Kier molecular flexibility index (Phi) is 5.72. The molecule has 3 atom stereocenters. The van der Waals surface area contributed by atoms with Crippen LogP contribution in [0.5, 0.6) is 0 Å². The Morgan fingerprint density at radius 1 is 1.14 bits per heavy atom. The van der Waals surface area contributed by atoms with Crippen LogP contribution in [0.25, 0.3) is 5.65 Å². The number of hydrogen-bond acceptors (Lipinski definition) is 5. The third-order valence-electron chi connectivity index (χ3n) is 7.35. The van der Waals surface area contributed by atoms with Crippen LogP contribution in [0, 0.1) is 5.92 Å². The largest absolute Gasteiger partial charge is 0.366 e. The van der Waals surface area contributed by atoms with Crippen LogP contribution in [-0.2, 0) is 11.3 Å². The summed E-state index contributed by atoms with van der Waals surface area (Å²) in [5.41, 5.74) is 5.33. The molecule has 1 saturated heterocycles. The zero-order valence-electron chi connectivity index (χ0n) is 20.0. The maximum absolute atomic E-state index is 13.3. The number of hydrogen-bond donors (Lipinski definition) is 1. The first kappa shape index (κ1) is 21.8. The number of anilines is 1. The summed E-state index contributed by atoms with van der Waals surface area (Å²) in [6, 6.07) is 16.5. The second-order valence-electron chi connectivity index (χ2n) is 9.83. The lowest BCUT2D eigenvalue weighted by Crippen LogP contribution is -2.40. The lowest BCUT2D eigenvalue weighted by molar-refractivity contribution is -0.133. The number of fused-ring (bicyclic) bond motifs is 1. The number of piperidine rings is 1. The van der Waals surface area contributed by atoms with E-state index in [-0.39, 0.29) is 11.8 Å². The van der Waals surface area contributed by atoms with Crippen molar-refractivity contribution in [3.63, 3.8) is 0 Å². The monoisotopic (exact) mass is 464 g/mol. The van der Waals surface area contributed by atoms with Crippen LogP contribution in [0.1, 0.15) is 47.9 Å². The third kappa shape index (κ3) is 4.40. The van der Waals surface area contributed by atoms with Gasteiger partial charge in [-0.25, -0.2) is 4.98 Å². The Balaban J connectivity index is 1.21. The highest BCUT2D eigenvalue weighted by atomic mass is 16.2. The van der Waals surface area contributed by atoms with E-state index in [0.717, 1.165) is 60.5 Å². The van der Waals surface area contributed by atoms with Gasteiger partial charge >= 0.3 is 0 Å². The van der Waals surface area contributed by atoms with Gasteiger partial charge in [-0.05, 0) is 47.8 Å². The second kappa shape index (κ2) is 9.17. The van der Waals surface area contributed by atoms with Gasteiger partial charge in [0.2, 0.25) is 5.91 Å². The van der Waals surface area contributed by atoms with Crippen LogP contribution >= 0.6 is 0 Å². The summed E-state index contributed by atoms with van der Waals surface area (Å²) in [6.07, 6.45) is 8.51. The summed E-state index contributed by atoms with van der Waals surface area (Å²) < 4.78 is 1.87. The highest BCUT2D eigenvalue weighted by molar-refractivity contribution is 6.36. The molecule has 1 aliphatic carbocycles. The summed E-state index contributed by atoms with van der Waals surface area (Å²) in [5, 5.41) is 8.06. The molecule has 0 radical (unpaired) electrons. The summed E-state index contributed by atoms with van der Waals surface area (Å²) in [5.74, 6) is 1.94. The Morgan fingerprint density at radius 2 is 2.03 bits per heavy atom. The quantitative estimate of drug-likeness (QED) is 0.444. The van der Waals surface area contributed by atoms with Crippen molar-refractivity contribution in [2.24, 2.45) is 5.92 Å². The number of likely N-dealkylation sites (tertiary alicyclic amines) is 1. The van der Waals surface area contributed by atoms with Gasteiger partial charge in [-0.3, -0.25) is 9.78 Å². The number of aromatic nitrogens is 4. The van der Waals surface area contributed by atoms with Gasteiger partial charge in [0.1, 0.15) is 13.7 Å². The summed E-state index contributed by atoms with van der Waals surface area (Å²) >= 11 is 0. The molecule has 2 fully saturated rings. The fourth-order valence-electron chi connectivity index (χ4n) is 5.31. The zero-order valence-corrected chi connectivity index (χ0v) is 20.0. The molecule has 1 aromatic carbocycles. The van der Waals surface area contributed by atoms with Crippen molar-refractivity contribution in [2.75, 3.05) is 18.4 Å². The van der Waals surface area contributed by atoms with Gasteiger partial charge < -0.3 is 10.2 Å². The fourth-order valence-corrected chi connectivity index (χ4v) is 5.31. The topological polar surface area (TPSA) is 75.4 Å². The van der Waals surface area contributed by atoms with Crippen molar-refractivity contribution in [3.05, 3.63) is 83.9 Å². The van der Waals surface area contributed by atoms with E-state index >= 15 is 0 Å². The summed E-state index contributed by atoms with van der Waals surface area (Å²) in [6.45, 7) is 2.23. The predicted octanol–water partition coefficient (Wildman–Crippen LogP) is 2.50. The first-order valence-corrected chi connectivity index (χ1v) is 12.5. The zero-order chi connectivity index (χ0) is 23.8. The molecule has 1 saturated carbocycles. The Bertz CT molecular complexity index is 1340. The number of nitrogens with one attached hydrogen (secondary N) is 1. The van der Waals surface area contributed by atoms with Gasteiger partial charge in [0.15, 0.2) is 5.65 Å². The van der Waals surface area contributed by atoms with E-state index in [0.29, 0.717) is 18.4 Å². The molecule has 0 bridgehead atoms. The van der Waals surface area contributed by atoms with Crippen LogP contribution in [0.3, 0.4) is 0 Å². The molecule has 6 rings (SSSR count). The van der Waals surface area contributed by atoms with Crippen LogP contribution in [0.4, 0.5) is 5.82 Å². The molecule has 7 nitrogen and oxygen atoms in total. The minimum absolute atomic E-state index is 0.125. The molecule has 0 spiro atoms. The lowest BCUT2D eigenvalue weighted by Gasteiger charge is -2.33. The van der Waals surface area contributed by atoms with Crippen LogP contribution in [-0.4, -0.2) is 51.3 Å². The molecule has 8 heteroatoms. The Labute approximate surface area is 206 Å². The molecule has 3 aromatic heterocycles. The molecular formula is C27H29BN6O. The first-order chi connectivity index (χ1) is 17.2. The van der Waals surface area contributed by atoms with E-state index in [2.05, 4.69) is 56.7 Å². The average molecular weight is 464 g/mol. The van der Waals surface area contributed by atoms with Crippen LogP contribution in [0.15, 0.2) is 67.1 Å². The normalized spacial score (nSPS) is 21.7. The first-order valence-electron chi connectivity index (χ1n) is 12.5. The van der Waals surface area contributed by atoms with E-state index in [1.165, 1.54) is 5.56 Å². The van der Waals surface area contributed by atoms with E-state index in [1.807, 2.05) is 36.9 Å². The molecular weight excluding hydrogens is 435 g/mol. The smallest absolute Gasteiger partial charge is 0.226 e. The van der Waals surface area contributed by atoms with Gasteiger partial charge in [-0.2, -0.15) is 9.61 Å². The number of benzene rings is 1. The van der Waals surface area contributed by atoms with E-state index in [1.54, 1.807) is 6.20 Å². The average Bonchev–Trinajstić information content (AvgIpc) is 3.64. The number of carbonyl (C=O) groups is 1. The molecule has 4 heterocycles. The number of carbonyl (C=O) groups excluding carboxylic acids is 1. The van der Waals surface area contributed by atoms with Crippen molar-refractivity contribution in [1.82, 2.24) is 24.5 Å². The lowest BCUT2D eigenvalue weighted by atomic mass is 9.93. The standard InChI is InChI=1S/C27H29BN6O/c28-23-16-31-34-25(30-15-18-6-4-10-29-14-18)13-24(32-26(23)34)20-9-5-11-33(17-20)27(35)22-12-21(22)19-7-2-1-3-8-19/h1-4,6-8,10,13-14,16,20-22,30H,5,9,11-12,15,17,28H2/t20?,21-,22+/m0/s1. The Hall–Kier alpha value is -3.68. The summed E-state index contributed by atoms with van der Waals surface area (Å²) in [7, 11) is 2.04. The molecule has 4 aromatic rings. The maximum Gasteiger partial charge on any atom is 0.226 e. The Morgan fingerprint density at radius 3 is 2.86 bits per heavy atom. The molecule has 35 heavy (non-hydrogen) atoms.